The third-order valence-electron chi connectivity index (χ3n) is 3.34. The molecular formula is C13H17N5. The predicted octanol–water partition coefficient (Wildman–Crippen LogP) is 1.40. The second kappa shape index (κ2) is 4.78. The number of aromatic amines is 1. The molecule has 1 atom stereocenters. The minimum Gasteiger partial charge on any atom is -0.354 e. The smallest absolute Gasteiger partial charge is 0.151 e. The average Bonchev–Trinajstić information content (AvgIpc) is 2.89. The van der Waals surface area contributed by atoms with Gasteiger partial charge in [0.2, 0.25) is 0 Å². The molecule has 3 heterocycles. The van der Waals surface area contributed by atoms with Gasteiger partial charge in [-0.1, -0.05) is 0 Å². The van der Waals surface area contributed by atoms with Gasteiger partial charge in [0.15, 0.2) is 5.82 Å². The predicted molar refractivity (Wildman–Crippen MR) is 71.2 cm³/mol. The molecule has 0 radical (unpaired) electrons. The standard InChI is InChI=1S/C13H17N5/c14-11-2-1-7-18(9-11)13-8-12(16-17-13)10-3-5-15-6-4-10/h3-6,8,11H,1-2,7,9,14H2,(H,16,17)/t11-/m0/s1. The summed E-state index contributed by atoms with van der Waals surface area (Å²) in [5.41, 5.74) is 8.11. The van der Waals surface area contributed by atoms with Crippen LogP contribution in [0.2, 0.25) is 0 Å². The topological polar surface area (TPSA) is 70.8 Å². The first-order valence-corrected chi connectivity index (χ1v) is 6.29. The Morgan fingerprint density at radius 3 is 2.94 bits per heavy atom. The lowest BCUT2D eigenvalue weighted by Crippen LogP contribution is -2.43. The van der Waals surface area contributed by atoms with Gasteiger partial charge in [0.1, 0.15) is 0 Å². The van der Waals surface area contributed by atoms with Crippen LogP contribution in [0.15, 0.2) is 30.6 Å². The van der Waals surface area contributed by atoms with Crippen LogP contribution in [0.25, 0.3) is 11.3 Å². The van der Waals surface area contributed by atoms with Crippen LogP contribution in [0.4, 0.5) is 5.82 Å². The van der Waals surface area contributed by atoms with E-state index in [2.05, 4.69) is 26.1 Å². The molecule has 94 valence electrons. The highest BCUT2D eigenvalue weighted by atomic mass is 15.3. The van der Waals surface area contributed by atoms with Crippen LogP contribution >= 0.6 is 0 Å². The molecule has 5 heteroatoms. The molecular weight excluding hydrogens is 226 g/mol. The third-order valence-corrected chi connectivity index (χ3v) is 3.34. The summed E-state index contributed by atoms with van der Waals surface area (Å²) in [6.45, 7) is 1.93. The summed E-state index contributed by atoms with van der Waals surface area (Å²) in [5, 5.41) is 7.45. The van der Waals surface area contributed by atoms with E-state index in [-0.39, 0.29) is 6.04 Å². The van der Waals surface area contributed by atoms with Gasteiger partial charge < -0.3 is 10.6 Å². The van der Waals surface area contributed by atoms with Crippen molar-refractivity contribution in [3.63, 3.8) is 0 Å². The third kappa shape index (κ3) is 2.22. The Hall–Kier alpha value is -1.88. The van der Waals surface area contributed by atoms with E-state index in [1.54, 1.807) is 12.4 Å². The minimum atomic E-state index is 0.264. The Kier molecular flexibility index (Phi) is 2.98. The monoisotopic (exact) mass is 243 g/mol. The van der Waals surface area contributed by atoms with Gasteiger partial charge in [-0.3, -0.25) is 10.1 Å². The molecule has 2 aromatic rings. The molecule has 3 rings (SSSR count). The molecule has 0 aliphatic carbocycles. The zero-order valence-electron chi connectivity index (χ0n) is 10.2. The summed E-state index contributed by atoms with van der Waals surface area (Å²) in [5.74, 6) is 0.983. The zero-order chi connectivity index (χ0) is 12.4. The van der Waals surface area contributed by atoms with Crippen molar-refractivity contribution >= 4 is 5.82 Å². The second-order valence-corrected chi connectivity index (χ2v) is 4.72. The molecule has 0 unspecified atom stereocenters. The van der Waals surface area contributed by atoms with Crippen molar-refractivity contribution in [1.29, 1.82) is 0 Å². The first-order valence-electron chi connectivity index (χ1n) is 6.29. The van der Waals surface area contributed by atoms with Gasteiger partial charge in [0.05, 0.1) is 5.69 Å². The lowest BCUT2D eigenvalue weighted by atomic mass is 10.1. The normalized spacial score (nSPS) is 20.1. The fourth-order valence-electron chi connectivity index (χ4n) is 2.37. The summed E-state index contributed by atoms with van der Waals surface area (Å²) in [6.07, 6.45) is 5.82. The van der Waals surface area contributed by atoms with Crippen LogP contribution in [0.3, 0.4) is 0 Å². The van der Waals surface area contributed by atoms with Gasteiger partial charge in [-0.05, 0) is 25.0 Å². The van der Waals surface area contributed by atoms with Crippen LogP contribution in [0.1, 0.15) is 12.8 Å². The lowest BCUT2D eigenvalue weighted by Gasteiger charge is -2.30. The molecule has 0 bridgehead atoms. The maximum absolute atomic E-state index is 5.99. The number of nitrogens with two attached hydrogens (primary N) is 1. The van der Waals surface area contributed by atoms with Gasteiger partial charge in [0.25, 0.3) is 0 Å². The highest BCUT2D eigenvalue weighted by Gasteiger charge is 2.19. The second-order valence-electron chi connectivity index (χ2n) is 4.72. The molecule has 0 saturated carbocycles. The van der Waals surface area contributed by atoms with E-state index in [4.69, 9.17) is 5.73 Å². The fraction of sp³-hybridized carbons (Fsp3) is 0.385. The fourth-order valence-corrected chi connectivity index (χ4v) is 2.37. The molecule has 1 aliphatic rings. The number of piperidine rings is 1. The van der Waals surface area contributed by atoms with Gasteiger partial charge in [-0.2, -0.15) is 5.10 Å². The zero-order valence-corrected chi connectivity index (χ0v) is 10.2. The highest BCUT2D eigenvalue weighted by Crippen LogP contribution is 2.23. The summed E-state index contributed by atoms with van der Waals surface area (Å²) < 4.78 is 0. The number of hydrogen-bond donors (Lipinski definition) is 2. The number of aromatic nitrogens is 3. The Balaban J connectivity index is 1.81. The van der Waals surface area contributed by atoms with Crippen molar-refractivity contribution in [3.05, 3.63) is 30.6 Å². The molecule has 1 saturated heterocycles. The molecule has 0 aromatic carbocycles. The Labute approximate surface area is 106 Å². The Bertz CT molecular complexity index is 507. The van der Waals surface area contributed by atoms with Gasteiger partial charge >= 0.3 is 0 Å². The van der Waals surface area contributed by atoms with Gasteiger partial charge in [-0.25, -0.2) is 0 Å². The Morgan fingerprint density at radius 2 is 2.17 bits per heavy atom. The van der Waals surface area contributed by atoms with Crippen molar-refractivity contribution in [2.75, 3.05) is 18.0 Å². The Morgan fingerprint density at radius 1 is 1.33 bits per heavy atom. The van der Waals surface area contributed by atoms with E-state index in [1.807, 2.05) is 12.1 Å². The largest absolute Gasteiger partial charge is 0.354 e. The van der Waals surface area contributed by atoms with Crippen molar-refractivity contribution in [2.24, 2.45) is 5.73 Å². The molecule has 3 N–H and O–H groups in total. The van der Waals surface area contributed by atoms with E-state index in [1.165, 1.54) is 0 Å². The van der Waals surface area contributed by atoms with E-state index >= 15 is 0 Å². The van der Waals surface area contributed by atoms with E-state index < -0.39 is 0 Å². The van der Waals surface area contributed by atoms with Crippen molar-refractivity contribution < 1.29 is 0 Å². The molecule has 2 aromatic heterocycles. The van der Waals surface area contributed by atoms with Crippen LogP contribution in [-0.2, 0) is 0 Å². The first-order chi connectivity index (χ1) is 8.83. The number of H-pyrrole nitrogens is 1. The quantitative estimate of drug-likeness (QED) is 0.836. The number of nitrogens with one attached hydrogen (secondary N) is 1. The molecule has 1 aliphatic heterocycles. The molecule has 5 nitrogen and oxygen atoms in total. The molecule has 1 fully saturated rings. The number of nitrogens with zero attached hydrogens (tertiary/aromatic N) is 3. The number of hydrogen-bond acceptors (Lipinski definition) is 4. The van der Waals surface area contributed by atoms with Crippen molar-refractivity contribution in [1.82, 2.24) is 15.2 Å². The lowest BCUT2D eigenvalue weighted by molar-refractivity contribution is 0.503. The van der Waals surface area contributed by atoms with Crippen LogP contribution in [0.5, 0.6) is 0 Å². The van der Waals surface area contributed by atoms with E-state index in [0.717, 1.165) is 43.0 Å². The van der Waals surface area contributed by atoms with Crippen molar-refractivity contribution in [2.45, 2.75) is 18.9 Å². The number of pyridine rings is 1. The van der Waals surface area contributed by atoms with Crippen LogP contribution < -0.4 is 10.6 Å². The van der Waals surface area contributed by atoms with E-state index in [0.29, 0.717) is 0 Å². The van der Waals surface area contributed by atoms with Crippen LogP contribution in [-0.4, -0.2) is 34.3 Å². The molecule has 0 spiro atoms. The highest BCUT2D eigenvalue weighted by molar-refractivity contribution is 5.62. The molecule has 0 amide bonds. The summed E-state index contributed by atoms with van der Waals surface area (Å²) >= 11 is 0. The maximum Gasteiger partial charge on any atom is 0.151 e. The van der Waals surface area contributed by atoms with Crippen molar-refractivity contribution in [3.8, 4) is 11.3 Å². The number of rotatable bonds is 2. The SMILES string of the molecule is N[C@H]1CCCN(c2cc(-c3ccncc3)[nH]n2)C1. The first kappa shape index (κ1) is 11.2. The average molecular weight is 243 g/mol. The maximum atomic E-state index is 5.99. The summed E-state index contributed by atoms with van der Waals surface area (Å²) in [6, 6.07) is 6.28. The van der Waals surface area contributed by atoms with Gasteiger partial charge in [-0.15, -0.1) is 0 Å². The van der Waals surface area contributed by atoms with Crippen LogP contribution in [0, 0.1) is 0 Å². The number of anilines is 1. The minimum absolute atomic E-state index is 0.264. The summed E-state index contributed by atoms with van der Waals surface area (Å²) in [4.78, 5) is 6.26. The van der Waals surface area contributed by atoms with Gasteiger partial charge in [0, 0.05) is 43.2 Å². The summed E-state index contributed by atoms with van der Waals surface area (Å²) in [7, 11) is 0. The molecule has 18 heavy (non-hydrogen) atoms. The van der Waals surface area contributed by atoms with E-state index in [9.17, 15) is 0 Å².